The number of sulfonamides is 1. The highest BCUT2D eigenvalue weighted by atomic mass is 32.2. The van der Waals surface area contributed by atoms with Gasteiger partial charge in [-0.05, 0) is 31.5 Å². The normalized spacial score (nSPS) is 23.3. The van der Waals surface area contributed by atoms with Gasteiger partial charge < -0.3 is 9.80 Å². The molecule has 3 rings (SSSR count). The number of nitrogens with zero attached hydrogens (tertiary/aromatic N) is 4. The van der Waals surface area contributed by atoms with E-state index in [9.17, 15) is 13.2 Å². The first-order chi connectivity index (χ1) is 13.3. The van der Waals surface area contributed by atoms with Crippen LogP contribution in [0.4, 0.5) is 0 Å². The van der Waals surface area contributed by atoms with Gasteiger partial charge in [-0.25, -0.2) is 8.42 Å². The molecule has 28 heavy (non-hydrogen) atoms. The summed E-state index contributed by atoms with van der Waals surface area (Å²) in [4.78, 5) is 19.6. The molecule has 0 unspecified atom stereocenters. The zero-order chi connectivity index (χ0) is 20.3. The lowest BCUT2D eigenvalue weighted by molar-refractivity contribution is -0.141. The van der Waals surface area contributed by atoms with Crippen LogP contribution in [0.1, 0.15) is 20.3 Å². The Morgan fingerprint density at radius 1 is 1.04 bits per heavy atom. The minimum Gasteiger partial charge on any atom is -0.325 e. The monoisotopic (exact) mass is 408 g/mol. The molecule has 2 saturated heterocycles. The predicted octanol–water partition coefficient (Wildman–Crippen LogP) is 1.14. The van der Waals surface area contributed by atoms with E-state index in [1.165, 1.54) is 4.31 Å². The van der Waals surface area contributed by atoms with E-state index in [1.54, 1.807) is 35.2 Å². The molecule has 0 aromatic heterocycles. The van der Waals surface area contributed by atoms with E-state index >= 15 is 0 Å². The van der Waals surface area contributed by atoms with Crippen LogP contribution >= 0.6 is 0 Å². The van der Waals surface area contributed by atoms with Crippen LogP contribution in [0, 0.1) is 5.92 Å². The fraction of sp³-hybridized carbons (Fsp3) is 0.650. The van der Waals surface area contributed by atoms with E-state index in [0.29, 0.717) is 26.1 Å². The average Bonchev–Trinajstić information content (AvgIpc) is 2.69. The van der Waals surface area contributed by atoms with Crippen LogP contribution in [0.2, 0.25) is 0 Å². The Hall–Kier alpha value is -1.48. The molecule has 2 heterocycles. The van der Waals surface area contributed by atoms with E-state index in [2.05, 4.69) is 16.8 Å². The summed E-state index contributed by atoms with van der Waals surface area (Å²) in [6, 6.07) is 8.52. The molecule has 0 N–H and O–H groups in total. The minimum absolute atomic E-state index is 0.00947. The predicted molar refractivity (Wildman–Crippen MR) is 109 cm³/mol. The number of hydrogen-bond donors (Lipinski definition) is 0. The molecule has 0 bridgehead atoms. The number of amides is 1. The largest absolute Gasteiger partial charge is 0.325 e. The van der Waals surface area contributed by atoms with Crippen LogP contribution in [0.5, 0.6) is 0 Å². The topological polar surface area (TPSA) is 64.2 Å². The van der Waals surface area contributed by atoms with E-state index < -0.39 is 16.2 Å². The molecule has 0 radical (unpaired) electrons. The maximum Gasteiger partial charge on any atom is 0.244 e. The molecule has 8 heteroatoms. The van der Waals surface area contributed by atoms with Gasteiger partial charge in [0.05, 0.1) is 11.4 Å². The van der Waals surface area contributed by atoms with E-state index in [-0.39, 0.29) is 16.7 Å². The lowest BCUT2D eigenvalue weighted by Gasteiger charge is -2.45. The standard InChI is InChI=1S/C20H32N4O3S/c1-17(2)20-23(19(25)16-22-14-12-21(3)13-15-22)10-7-11-24(20)28(26,27)18-8-5-4-6-9-18/h4-6,8-9,17,20H,7,10-16H2,1-3H3/t20-/m1/s1. The minimum atomic E-state index is -3.64. The highest BCUT2D eigenvalue weighted by molar-refractivity contribution is 7.89. The Bertz CT molecular complexity index is 761. The summed E-state index contributed by atoms with van der Waals surface area (Å²) in [5.74, 6) is 0.0337. The highest BCUT2D eigenvalue weighted by Crippen LogP contribution is 2.28. The number of carbonyl (C=O) groups excluding carboxylic acids is 1. The van der Waals surface area contributed by atoms with Gasteiger partial charge in [0.2, 0.25) is 15.9 Å². The second kappa shape index (κ2) is 8.90. The Labute approximate surface area is 168 Å². The molecule has 0 aliphatic carbocycles. The number of likely N-dealkylation sites (N-methyl/N-ethyl adjacent to an activating group) is 1. The Morgan fingerprint density at radius 2 is 1.68 bits per heavy atom. The molecule has 2 aliphatic rings. The van der Waals surface area contributed by atoms with Crippen molar-refractivity contribution in [3.8, 4) is 0 Å². The molecule has 2 fully saturated rings. The fourth-order valence-electron chi connectivity index (χ4n) is 4.06. The van der Waals surface area contributed by atoms with Crippen molar-refractivity contribution in [2.75, 3.05) is 52.9 Å². The molecular formula is C20H32N4O3S. The number of rotatable bonds is 5. The molecule has 156 valence electrons. The zero-order valence-corrected chi connectivity index (χ0v) is 17.9. The Kier molecular flexibility index (Phi) is 6.75. The van der Waals surface area contributed by atoms with Crippen molar-refractivity contribution in [3.63, 3.8) is 0 Å². The van der Waals surface area contributed by atoms with Crippen LogP contribution in [0.25, 0.3) is 0 Å². The highest BCUT2D eigenvalue weighted by Gasteiger charge is 2.41. The first kappa shape index (κ1) is 21.2. The summed E-state index contributed by atoms with van der Waals surface area (Å²) in [5, 5.41) is 0. The number of piperazine rings is 1. The molecule has 0 spiro atoms. The number of benzene rings is 1. The van der Waals surface area contributed by atoms with Crippen molar-refractivity contribution in [1.29, 1.82) is 0 Å². The van der Waals surface area contributed by atoms with Gasteiger partial charge in [0, 0.05) is 39.3 Å². The summed E-state index contributed by atoms with van der Waals surface area (Å²) in [7, 11) is -1.56. The second-order valence-corrected chi connectivity index (χ2v) is 10.00. The van der Waals surface area contributed by atoms with Crippen LogP contribution in [0.15, 0.2) is 35.2 Å². The van der Waals surface area contributed by atoms with Gasteiger partial charge in [0.25, 0.3) is 0 Å². The van der Waals surface area contributed by atoms with Gasteiger partial charge in [-0.1, -0.05) is 32.0 Å². The number of carbonyl (C=O) groups is 1. The maximum absolute atomic E-state index is 13.3. The quantitative estimate of drug-likeness (QED) is 0.731. The first-order valence-corrected chi connectivity index (χ1v) is 11.5. The average molecular weight is 409 g/mol. The molecule has 1 amide bonds. The van der Waals surface area contributed by atoms with Gasteiger partial charge >= 0.3 is 0 Å². The Morgan fingerprint density at radius 3 is 2.29 bits per heavy atom. The van der Waals surface area contributed by atoms with E-state index in [1.807, 2.05) is 13.8 Å². The first-order valence-electron chi connectivity index (χ1n) is 10.1. The number of hydrogen-bond acceptors (Lipinski definition) is 5. The SMILES string of the molecule is CC(C)[C@@H]1N(C(=O)CN2CCN(C)CC2)CCCN1S(=O)(=O)c1ccccc1. The molecule has 1 aromatic rings. The maximum atomic E-state index is 13.3. The summed E-state index contributed by atoms with van der Waals surface area (Å²) < 4.78 is 28.1. The lowest BCUT2D eigenvalue weighted by atomic mass is 10.1. The molecule has 1 aromatic carbocycles. The zero-order valence-electron chi connectivity index (χ0n) is 17.1. The molecule has 0 saturated carbocycles. The smallest absolute Gasteiger partial charge is 0.244 e. The van der Waals surface area contributed by atoms with Crippen molar-refractivity contribution in [1.82, 2.24) is 19.0 Å². The molecule has 2 aliphatic heterocycles. The van der Waals surface area contributed by atoms with Crippen LogP contribution < -0.4 is 0 Å². The van der Waals surface area contributed by atoms with Gasteiger partial charge in [-0.3, -0.25) is 9.69 Å². The van der Waals surface area contributed by atoms with Crippen molar-refractivity contribution in [2.24, 2.45) is 5.92 Å². The van der Waals surface area contributed by atoms with Crippen molar-refractivity contribution in [2.45, 2.75) is 31.3 Å². The van der Waals surface area contributed by atoms with Gasteiger partial charge in [-0.15, -0.1) is 0 Å². The van der Waals surface area contributed by atoms with Gasteiger partial charge in [0.15, 0.2) is 0 Å². The van der Waals surface area contributed by atoms with Crippen molar-refractivity contribution in [3.05, 3.63) is 30.3 Å². The lowest BCUT2D eigenvalue weighted by Crippen LogP contribution is -2.61. The summed E-state index contributed by atoms with van der Waals surface area (Å²) in [6.07, 6.45) is 0.211. The molecule has 7 nitrogen and oxygen atoms in total. The summed E-state index contributed by atoms with van der Waals surface area (Å²) in [6.45, 7) is 9.03. The van der Waals surface area contributed by atoms with E-state index in [0.717, 1.165) is 26.2 Å². The van der Waals surface area contributed by atoms with Crippen LogP contribution in [-0.4, -0.2) is 92.4 Å². The van der Waals surface area contributed by atoms with Crippen molar-refractivity contribution < 1.29 is 13.2 Å². The summed E-state index contributed by atoms with van der Waals surface area (Å²) >= 11 is 0. The van der Waals surface area contributed by atoms with Crippen LogP contribution in [-0.2, 0) is 14.8 Å². The van der Waals surface area contributed by atoms with Crippen molar-refractivity contribution >= 4 is 15.9 Å². The third-order valence-electron chi connectivity index (χ3n) is 5.61. The van der Waals surface area contributed by atoms with Gasteiger partial charge in [-0.2, -0.15) is 4.31 Å². The third-order valence-corrected chi connectivity index (χ3v) is 7.50. The van der Waals surface area contributed by atoms with Gasteiger partial charge in [0.1, 0.15) is 6.17 Å². The fourth-order valence-corrected chi connectivity index (χ4v) is 5.84. The third kappa shape index (κ3) is 4.56. The summed E-state index contributed by atoms with van der Waals surface area (Å²) in [5.41, 5.74) is 0. The molecular weight excluding hydrogens is 376 g/mol. The molecule has 1 atom stereocenters. The van der Waals surface area contributed by atoms with Crippen LogP contribution in [0.3, 0.4) is 0 Å². The van der Waals surface area contributed by atoms with E-state index in [4.69, 9.17) is 0 Å². The Balaban J connectivity index is 1.79. The second-order valence-electron chi connectivity index (χ2n) is 8.11.